The number of nitrogens with one attached hydrogen (secondary N) is 4. The fourth-order valence-electron chi connectivity index (χ4n) is 6.10. The van der Waals surface area contributed by atoms with Crippen molar-refractivity contribution >= 4 is 17.9 Å². The van der Waals surface area contributed by atoms with Crippen molar-refractivity contribution in [2.75, 3.05) is 6.61 Å². The Morgan fingerprint density at radius 3 is 2.48 bits per heavy atom. The highest BCUT2D eigenvalue weighted by Crippen LogP contribution is 2.36. The third-order valence-electron chi connectivity index (χ3n) is 8.34. The van der Waals surface area contributed by atoms with Crippen LogP contribution in [-0.4, -0.2) is 40.1 Å². The van der Waals surface area contributed by atoms with Crippen molar-refractivity contribution in [2.45, 2.75) is 95.8 Å². The Balaban J connectivity index is 1.33. The van der Waals surface area contributed by atoms with Gasteiger partial charge in [0.1, 0.15) is 5.54 Å². The highest BCUT2D eigenvalue weighted by atomic mass is 16.3. The van der Waals surface area contributed by atoms with E-state index in [1.165, 1.54) is 32.1 Å². The Labute approximate surface area is 238 Å². The van der Waals surface area contributed by atoms with Crippen LogP contribution in [0.3, 0.4) is 0 Å². The number of unbranched alkanes of at least 4 members (excludes halogenated alkanes) is 1. The molecule has 2 fully saturated rings. The van der Waals surface area contributed by atoms with Crippen molar-refractivity contribution in [1.82, 2.24) is 20.9 Å². The van der Waals surface area contributed by atoms with E-state index in [4.69, 9.17) is 5.41 Å². The van der Waals surface area contributed by atoms with Crippen molar-refractivity contribution in [3.8, 4) is 0 Å². The molecule has 2 unspecified atom stereocenters. The van der Waals surface area contributed by atoms with Gasteiger partial charge in [-0.05, 0) is 41.9 Å². The number of amides is 3. The molecule has 0 aromatic heterocycles. The molecule has 1 saturated heterocycles. The number of aliphatic hydroxyl groups is 1. The van der Waals surface area contributed by atoms with Gasteiger partial charge in [-0.15, -0.1) is 0 Å². The van der Waals surface area contributed by atoms with Gasteiger partial charge in [-0.1, -0.05) is 106 Å². The number of urea groups is 1. The molecule has 5 N–H and O–H groups in total. The van der Waals surface area contributed by atoms with Gasteiger partial charge < -0.3 is 21.1 Å². The first-order chi connectivity index (χ1) is 19.4. The number of guanidine groups is 1. The van der Waals surface area contributed by atoms with Crippen LogP contribution in [-0.2, 0) is 17.9 Å². The Kier molecular flexibility index (Phi) is 10.6. The maximum atomic E-state index is 13.8. The summed E-state index contributed by atoms with van der Waals surface area (Å²) in [4.78, 5) is 27.9. The van der Waals surface area contributed by atoms with E-state index in [0.29, 0.717) is 25.4 Å². The third-order valence-corrected chi connectivity index (χ3v) is 8.34. The Bertz CT molecular complexity index is 1120. The molecular weight excluding hydrogens is 502 g/mol. The van der Waals surface area contributed by atoms with E-state index in [0.717, 1.165) is 42.4 Å². The summed E-state index contributed by atoms with van der Waals surface area (Å²) in [5, 5.41) is 27.2. The van der Waals surface area contributed by atoms with Crippen LogP contribution in [0.2, 0.25) is 0 Å². The quantitative estimate of drug-likeness (QED) is 0.232. The lowest BCUT2D eigenvalue weighted by atomic mass is 9.77. The molecule has 0 bridgehead atoms. The van der Waals surface area contributed by atoms with E-state index in [9.17, 15) is 14.7 Å². The van der Waals surface area contributed by atoms with Crippen molar-refractivity contribution in [2.24, 2.45) is 5.92 Å². The summed E-state index contributed by atoms with van der Waals surface area (Å²) in [6.07, 6.45) is 10.1. The minimum atomic E-state index is -0.653. The number of rotatable bonds is 13. The first-order valence-corrected chi connectivity index (χ1v) is 14.9. The van der Waals surface area contributed by atoms with Crippen LogP contribution in [0.25, 0.3) is 0 Å². The van der Waals surface area contributed by atoms with Crippen LogP contribution in [0.15, 0.2) is 54.6 Å². The zero-order valence-electron chi connectivity index (χ0n) is 23.8. The van der Waals surface area contributed by atoms with E-state index in [2.05, 4.69) is 22.9 Å². The van der Waals surface area contributed by atoms with Crippen molar-refractivity contribution < 1.29 is 14.7 Å². The molecule has 1 heterocycles. The minimum Gasteiger partial charge on any atom is -0.396 e. The van der Waals surface area contributed by atoms with Gasteiger partial charge in [0.2, 0.25) is 0 Å². The molecule has 0 spiro atoms. The average Bonchev–Trinajstić information content (AvgIpc) is 3.20. The standard InChI is InChI=1S/C32H45N5O3/c1-2-3-19-32(21-24-10-6-4-7-11-24)29(39)37(30(33)36-32)23-26-16-14-25(15-17-26)22-34-31(40)35-28(18-20-38)27-12-8-5-9-13-27/h5,8-9,12-17,24,28,38H,2-4,6-7,10-11,18-23H2,1H3,(H2,33,36)(H2,34,35,40). The predicted molar refractivity (Wildman–Crippen MR) is 158 cm³/mol. The molecule has 2 aliphatic rings. The number of hydrogen-bond acceptors (Lipinski definition) is 4. The Morgan fingerprint density at radius 1 is 1.10 bits per heavy atom. The zero-order chi connectivity index (χ0) is 28.4. The highest BCUT2D eigenvalue weighted by Gasteiger charge is 2.49. The first-order valence-electron chi connectivity index (χ1n) is 14.9. The summed E-state index contributed by atoms with van der Waals surface area (Å²) in [5.74, 6) is 0.787. The SMILES string of the molecule is CCCCC1(CC2CCCCC2)NC(=N)N(Cc2ccc(CNC(=O)NC(CCO)c3ccccc3)cc2)C1=O. The van der Waals surface area contributed by atoms with Gasteiger partial charge in [0.15, 0.2) is 5.96 Å². The molecule has 1 aliphatic carbocycles. The topological polar surface area (TPSA) is 118 Å². The molecule has 1 aliphatic heterocycles. The molecule has 8 heteroatoms. The predicted octanol–water partition coefficient (Wildman–Crippen LogP) is 5.38. The normalized spacial score (nSPS) is 20.3. The molecule has 8 nitrogen and oxygen atoms in total. The van der Waals surface area contributed by atoms with Crippen LogP contribution in [0.1, 0.15) is 93.9 Å². The summed E-state index contributed by atoms with van der Waals surface area (Å²) in [6.45, 7) is 2.84. The monoisotopic (exact) mass is 547 g/mol. The summed E-state index contributed by atoms with van der Waals surface area (Å²) in [5.41, 5.74) is 2.18. The summed E-state index contributed by atoms with van der Waals surface area (Å²) < 4.78 is 0. The molecule has 2 aromatic rings. The number of aliphatic hydroxyl groups excluding tert-OH is 1. The number of carbonyl (C=O) groups excluding carboxylic acids is 2. The number of carbonyl (C=O) groups is 2. The van der Waals surface area contributed by atoms with Gasteiger partial charge in [0.05, 0.1) is 12.6 Å². The lowest BCUT2D eigenvalue weighted by Crippen LogP contribution is -2.48. The Morgan fingerprint density at radius 2 is 1.80 bits per heavy atom. The second kappa shape index (κ2) is 14.3. The van der Waals surface area contributed by atoms with Gasteiger partial charge in [-0.2, -0.15) is 0 Å². The van der Waals surface area contributed by atoms with Crippen LogP contribution >= 0.6 is 0 Å². The second-order valence-corrected chi connectivity index (χ2v) is 11.4. The molecule has 4 rings (SSSR count). The molecule has 216 valence electrons. The summed E-state index contributed by atoms with van der Waals surface area (Å²) in [7, 11) is 0. The molecule has 1 saturated carbocycles. The second-order valence-electron chi connectivity index (χ2n) is 11.4. The molecule has 2 atom stereocenters. The van der Waals surface area contributed by atoms with E-state index >= 15 is 0 Å². The van der Waals surface area contributed by atoms with Gasteiger partial charge >= 0.3 is 6.03 Å². The van der Waals surface area contributed by atoms with Crippen LogP contribution in [0.5, 0.6) is 0 Å². The van der Waals surface area contributed by atoms with E-state index in [1.54, 1.807) is 4.90 Å². The zero-order valence-corrected chi connectivity index (χ0v) is 23.8. The maximum absolute atomic E-state index is 13.8. The largest absolute Gasteiger partial charge is 0.396 e. The fourth-order valence-corrected chi connectivity index (χ4v) is 6.10. The van der Waals surface area contributed by atoms with Crippen molar-refractivity contribution in [3.05, 3.63) is 71.3 Å². The fraction of sp³-hybridized carbons (Fsp3) is 0.531. The highest BCUT2D eigenvalue weighted by molar-refractivity contribution is 6.07. The average molecular weight is 548 g/mol. The van der Waals surface area contributed by atoms with E-state index in [1.807, 2.05) is 54.6 Å². The van der Waals surface area contributed by atoms with Gasteiger partial charge in [-0.25, -0.2) is 4.79 Å². The van der Waals surface area contributed by atoms with Gasteiger partial charge in [0, 0.05) is 13.2 Å². The van der Waals surface area contributed by atoms with Crippen molar-refractivity contribution in [1.29, 1.82) is 5.41 Å². The van der Waals surface area contributed by atoms with Crippen LogP contribution in [0, 0.1) is 11.3 Å². The molecular formula is C32H45N5O3. The van der Waals surface area contributed by atoms with Gasteiger partial charge in [-0.3, -0.25) is 15.1 Å². The maximum Gasteiger partial charge on any atom is 0.315 e. The van der Waals surface area contributed by atoms with E-state index in [-0.39, 0.29) is 30.5 Å². The third kappa shape index (κ3) is 7.62. The van der Waals surface area contributed by atoms with Crippen LogP contribution < -0.4 is 16.0 Å². The number of benzene rings is 2. The number of nitrogens with zero attached hydrogens (tertiary/aromatic N) is 1. The molecule has 2 aromatic carbocycles. The molecule has 40 heavy (non-hydrogen) atoms. The lowest BCUT2D eigenvalue weighted by molar-refractivity contribution is -0.132. The number of hydrogen-bond donors (Lipinski definition) is 5. The summed E-state index contributed by atoms with van der Waals surface area (Å²) in [6, 6.07) is 16.9. The lowest BCUT2D eigenvalue weighted by Gasteiger charge is -2.33. The minimum absolute atomic E-state index is 0.0197. The first kappa shape index (κ1) is 29.6. The van der Waals surface area contributed by atoms with Crippen LogP contribution in [0.4, 0.5) is 4.79 Å². The smallest absolute Gasteiger partial charge is 0.315 e. The van der Waals surface area contributed by atoms with Gasteiger partial charge in [0.25, 0.3) is 5.91 Å². The summed E-state index contributed by atoms with van der Waals surface area (Å²) >= 11 is 0. The van der Waals surface area contributed by atoms with Crippen molar-refractivity contribution in [3.63, 3.8) is 0 Å². The Hall–Kier alpha value is -3.39. The molecule has 3 amide bonds. The molecule has 0 radical (unpaired) electrons. The van der Waals surface area contributed by atoms with E-state index < -0.39 is 5.54 Å².